The number of fused-ring (bicyclic) bond motifs is 4. The molecular formula is C49H57B2F4N5O4S. The van der Waals surface area contributed by atoms with Crippen molar-refractivity contribution in [1.29, 1.82) is 0 Å². The van der Waals surface area contributed by atoms with Gasteiger partial charge in [0.25, 0.3) is 5.91 Å². The van der Waals surface area contributed by atoms with Crippen molar-refractivity contribution in [3.05, 3.63) is 124 Å². The Bertz CT molecular complexity index is 2710. The predicted octanol–water partition coefficient (Wildman–Crippen LogP) is 10.6. The van der Waals surface area contributed by atoms with Gasteiger partial charge in [0, 0.05) is 101 Å². The SMILES string of the molecule is CC(C)(C)C(=O)CCCCCNC(=O)COc1ccc(C2=[N+]3C(=Cc4ccc(-c5cccs5)n4[B-]3(F)F)C=C2)cc1.Cc1cc(C)n2c1C=C1C=CC(CCC(=O)C(C)(C)C)=[N+]1[B-]2(F)F. The second-order valence-electron chi connectivity index (χ2n) is 19.1. The fraction of sp³-hybridized carbons (Fsp3) is 0.367. The maximum absolute atomic E-state index is 16.1. The van der Waals surface area contributed by atoms with E-state index < -0.39 is 19.4 Å². The number of nitrogens with zero attached hydrogens (tertiary/aromatic N) is 4. The molecule has 0 saturated heterocycles. The average molecular weight is 910 g/mol. The highest BCUT2D eigenvalue weighted by atomic mass is 32.1. The van der Waals surface area contributed by atoms with E-state index in [1.165, 1.54) is 11.3 Å². The van der Waals surface area contributed by atoms with Crippen LogP contribution >= 0.6 is 11.3 Å². The number of benzene rings is 1. The van der Waals surface area contributed by atoms with Gasteiger partial charge in [-0.3, -0.25) is 14.4 Å². The minimum absolute atomic E-state index is 0.0855. The highest BCUT2D eigenvalue weighted by molar-refractivity contribution is 7.13. The molecule has 9 nitrogen and oxygen atoms in total. The number of rotatable bonds is 14. The van der Waals surface area contributed by atoms with Gasteiger partial charge in [-0.1, -0.05) is 54.0 Å². The predicted molar refractivity (Wildman–Crippen MR) is 254 cm³/mol. The van der Waals surface area contributed by atoms with E-state index in [1.54, 1.807) is 85.8 Å². The topological polar surface area (TPSA) is 88.4 Å². The van der Waals surface area contributed by atoms with Gasteiger partial charge in [0.05, 0.1) is 0 Å². The van der Waals surface area contributed by atoms with E-state index in [4.69, 9.17) is 4.74 Å². The number of halogens is 4. The molecule has 16 heteroatoms. The average Bonchev–Trinajstić information content (AvgIpc) is 4.09. The maximum Gasteiger partial charge on any atom is 0.737 e. The molecule has 0 saturated carbocycles. The number of nitrogens with one attached hydrogen (secondary N) is 1. The van der Waals surface area contributed by atoms with Crippen LogP contribution in [0, 0.1) is 24.7 Å². The van der Waals surface area contributed by atoms with Crippen molar-refractivity contribution in [1.82, 2.24) is 14.3 Å². The molecule has 0 aliphatic carbocycles. The minimum atomic E-state index is -4.13. The van der Waals surface area contributed by atoms with Crippen molar-refractivity contribution in [2.75, 3.05) is 13.2 Å². The number of aryl methyl sites for hydroxylation is 2. The van der Waals surface area contributed by atoms with Crippen LogP contribution < -0.4 is 10.1 Å². The van der Waals surface area contributed by atoms with Gasteiger partial charge in [-0.05, 0) is 91.9 Å². The molecule has 0 bridgehead atoms. The number of ketones is 2. The summed E-state index contributed by atoms with van der Waals surface area (Å²) in [4.78, 5) is 37.1. The molecule has 4 aliphatic rings. The van der Waals surface area contributed by atoms with Crippen molar-refractivity contribution >= 4 is 66.3 Å². The Kier molecular flexibility index (Phi) is 13.3. The second-order valence-corrected chi connectivity index (χ2v) is 20.1. The Hall–Kier alpha value is -5.76. The van der Waals surface area contributed by atoms with Crippen LogP contribution in [0.3, 0.4) is 0 Å². The first-order valence-corrected chi connectivity index (χ1v) is 23.1. The van der Waals surface area contributed by atoms with Gasteiger partial charge >= 0.3 is 13.9 Å². The number of ether oxygens (including phenoxy) is 1. The van der Waals surface area contributed by atoms with Crippen LogP contribution in [0.5, 0.6) is 5.75 Å². The molecule has 342 valence electrons. The molecule has 1 amide bonds. The van der Waals surface area contributed by atoms with Crippen molar-refractivity contribution in [3.8, 4) is 16.3 Å². The van der Waals surface area contributed by atoms with Crippen LogP contribution in [0.25, 0.3) is 22.7 Å². The van der Waals surface area contributed by atoms with Crippen LogP contribution in [-0.4, -0.2) is 73.9 Å². The third-order valence-electron chi connectivity index (χ3n) is 12.2. The van der Waals surface area contributed by atoms with Crippen LogP contribution in [0.2, 0.25) is 0 Å². The molecule has 7 heterocycles. The van der Waals surface area contributed by atoms with Crippen LogP contribution in [0.1, 0.15) is 108 Å². The number of carbonyl (C=O) groups excluding carboxylic acids is 3. The number of aromatic nitrogens is 2. The first-order valence-electron chi connectivity index (χ1n) is 22.2. The van der Waals surface area contributed by atoms with E-state index in [2.05, 4.69) is 5.32 Å². The van der Waals surface area contributed by atoms with Crippen molar-refractivity contribution in [3.63, 3.8) is 0 Å². The summed E-state index contributed by atoms with van der Waals surface area (Å²) in [5.41, 5.74) is 4.71. The van der Waals surface area contributed by atoms with Crippen molar-refractivity contribution in [2.24, 2.45) is 10.8 Å². The summed E-state index contributed by atoms with van der Waals surface area (Å²) in [5, 5.41) is 4.71. The fourth-order valence-corrected chi connectivity index (χ4v) is 9.36. The van der Waals surface area contributed by atoms with Crippen LogP contribution in [0.15, 0.2) is 95.7 Å². The van der Waals surface area contributed by atoms with Gasteiger partial charge in [-0.25, -0.2) is 0 Å². The monoisotopic (exact) mass is 909 g/mol. The minimum Gasteiger partial charge on any atom is -0.484 e. The Morgan fingerprint density at radius 3 is 2.09 bits per heavy atom. The zero-order valence-corrected chi connectivity index (χ0v) is 39.2. The largest absolute Gasteiger partial charge is 0.737 e. The summed E-state index contributed by atoms with van der Waals surface area (Å²) in [6.07, 6.45) is 14.1. The summed E-state index contributed by atoms with van der Waals surface area (Å²) in [6, 6.07) is 15.8. The lowest BCUT2D eigenvalue weighted by Gasteiger charge is -2.30. The molecule has 65 heavy (non-hydrogen) atoms. The van der Waals surface area contributed by atoms with Gasteiger partial charge in [0.2, 0.25) is 0 Å². The van der Waals surface area contributed by atoms with Gasteiger partial charge < -0.3 is 45.2 Å². The van der Waals surface area contributed by atoms with Gasteiger partial charge in [0.15, 0.2) is 23.7 Å². The second kappa shape index (κ2) is 18.3. The van der Waals surface area contributed by atoms with E-state index in [0.717, 1.165) is 47.6 Å². The Balaban J connectivity index is 0.000000223. The number of hydrogen-bond acceptors (Lipinski definition) is 5. The van der Waals surface area contributed by atoms with E-state index in [9.17, 15) is 14.4 Å². The smallest absolute Gasteiger partial charge is 0.484 e. The van der Waals surface area contributed by atoms with Crippen LogP contribution in [-0.2, 0) is 14.4 Å². The fourth-order valence-electron chi connectivity index (χ4n) is 8.61. The summed E-state index contributed by atoms with van der Waals surface area (Å²) in [6.45, 7) is 7.22. The van der Waals surface area contributed by atoms with Crippen molar-refractivity contribution < 1.29 is 45.4 Å². The van der Waals surface area contributed by atoms with Crippen LogP contribution in [0.4, 0.5) is 17.3 Å². The molecule has 1 aromatic carbocycles. The summed E-state index contributed by atoms with van der Waals surface area (Å²) in [7, 11) is 0. The molecule has 0 spiro atoms. The standard InChI is InChI=1S/C31H34BF2N3O3S.C18H23BF2N2O/c1-31(2,3)29(38)9-5-4-6-18-35-30(39)21-40-25-14-10-22(11-15-25)26-16-12-23-20-24-13-17-27(28-8-7-19-41-28)37(24)32(33,34)36(23)26;1-12-10-13(2)22-16(12)11-15-7-6-14(23(15)19(22,20)21)8-9-17(24)18(3,4)5/h7-8,10-17,19-20H,4-6,9,18,21H2,1-3H3,(H,35,39);6-7,10-11H,8-9H2,1-5H3. The molecular weight excluding hydrogens is 852 g/mol. The Labute approximate surface area is 382 Å². The molecule has 8 rings (SSSR count). The zero-order chi connectivity index (χ0) is 47.1. The Morgan fingerprint density at radius 2 is 1.42 bits per heavy atom. The molecule has 3 aromatic heterocycles. The lowest BCUT2D eigenvalue weighted by Crippen LogP contribution is -2.50. The van der Waals surface area contributed by atoms with Gasteiger partial charge in [-0.15, -0.1) is 11.3 Å². The number of amides is 1. The number of allylic oxidation sites excluding steroid dienone is 4. The molecule has 0 fully saturated rings. The molecule has 4 aromatic rings. The summed E-state index contributed by atoms with van der Waals surface area (Å²) < 4.78 is 72.7. The quantitative estimate of drug-likeness (QED) is 0.0776. The molecule has 0 unspecified atom stereocenters. The number of carbonyl (C=O) groups is 3. The number of hydrogen-bond donors (Lipinski definition) is 1. The highest BCUT2D eigenvalue weighted by Gasteiger charge is 2.54. The maximum atomic E-state index is 16.1. The Morgan fingerprint density at radius 1 is 0.754 bits per heavy atom. The number of thiophene rings is 1. The van der Waals surface area contributed by atoms with Gasteiger partial charge in [0.1, 0.15) is 23.0 Å². The molecule has 4 aliphatic heterocycles. The zero-order valence-electron chi connectivity index (χ0n) is 38.4. The highest BCUT2D eigenvalue weighted by Crippen LogP contribution is 2.39. The van der Waals surface area contributed by atoms with E-state index in [0.29, 0.717) is 76.3 Å². The molecule has 1 N–H and O–H groups in total. The summed E-state index contributed by atoms with van der Waals surface area (Å²) in [5.74, 6) is 0.584. The summed E-state index contributed by atoms with van der Waals surface area (Å²) >= 11 is 1.43. The normalized spacial score (nSPS) is 16.6. The van der Waals surface area contributed by atoms with Crippen molar-refractivity contribution in [2.45, 2.75) is 93.9 Å². The number of Topliss-reactive ketones (excluding diaryl/α,β-unsaturated/α-hetero) is 2. The van der Waals surface area contributed by atoms with E-state index in [1.807, 2.05) is 66.0 Å². The lowest BCUT2D eigenvalue weighted by atomic mass is 9.87. The first-order chi connectivity index (χ1) is 30.6. The third kappa shape index (κ3) is 9.78. The van der Waals surface area contributed by atoms with Gasteiger partial charge in [-0.2, -0.15) is 0 Å². The molecule has 0 atom stereocenters. The lowest BCUT2D eigenvalue weighted by molar-refractivity contribution is -0.362. The van der Waals surface area contributed by atoms with E-state index >= 15 is 17.3 Å². The van der Waals surface area contributed by atoms with E-state index in [-0.39, 0.29) is 35.9 Å². The first kappa shape index (κ1) is 47.2. The third-order valence-corrected chi connectivity index (χ3v) is 13.1. The molecule has 0 radical (unpaired) electrons. The number of unbranched alkanes of at least 4 members (excludes halogenated alkanes) is 2.